The second kappa shape index (κ2) is 11.2. The molecular weight excluding hydrogens is 460 g/mol. The SMILES string of the molecule is COc1cc([N+](=O)[O-])ccc1-c1ccc(/C=N\NC(=O)[C@H](NC(=O)Cc2cccs2)C(C)C)o1. The minimum Gasteiger partial charge on any atom is -0.496 e. The second-order valence-electron chi connectivity index (χ2n) is 7.62. The molecule has 2 N–H and O–H groups in total. The topological polar surface area (TPSA) is 136 Å². The fraction of sp³-hybridized carbons (Fsp3) is 0.261. The van der Waals surface area contributed by atoms with Crippen LogP contribution in [0.3, 0.4) is 0 Å². The maximum absolute atomic E-state index is 12.6. The number of thiophene rings is 1. The molecule has 0 bridgehead atoms. The lowest BCUT2D eigenvalue weighted by Gasteiger charge is -2.20. The maximum atomic E-state index is 12.6. The smallest absolute Gasteiger partial charge is 0.273 e. The van der Waals surface area contributed by atoms with Crippen molar-refractivity contribution >= 4 is 35.1 Å². The van der Waals surface area contributed by atoms with Crippen LogP contribution in [0.5, 0.6) is 5.75 Å². The van der Waals surface area contributed by atoms with Gasteiger partial charge in [-0.1, -0.05) is 19.9 Å². The average molecular weight is 485 g/mol. The normalized spacial score (nSPS) is 12.0. The fourth-order valence-corrected chi connectivity index (χ4v) is 3.83. The van der Waals surface area contributed by atoms with E-state index in [0.717, 1.165) is 4.88 Å². The molecule has 3 rings (SSSR count). The van der Waals surface area contributed by atoms with Crippen LogP contribution < -0.4 is 15.5 Å². The van der Waals surface area contributed by atoms with Crippen LogP contribution in [0.4, 0.5) is 5.69 Å². The van der Waals surface area contributed by atoms with Crippen molar-refractivity contribution < 1.29 is 23.7 Å². The number of rotatable bonds is 10. The number of carbonyl (C=O) groups is 2. The number of carbonyl (C=O) groups excluding carboxylic acids is 2. The number of methoxy groups -OCH3 is 1. The molecule has 0 unspecified atom stereocenters. The number of ether oxygens (including phenoxy) is 1. The molecule has 0 aliphatic carbocycles. The highest BCUT2D eigenvalue weighted by molar-refractivity contribution is 7.10. The molecule has 178 valence electrons. The first-order valence-electron chi connectivity index (χ1n) is 10.4. The summed E-state index contributed by atoms with van der Waals surface area (Å²) in [6.07, 6.45) is 1.53. The lowest BCUT2D eigenvalue weighted by atomic mass is 10.0. The second-order valence-corrected chi connectivity index (χ2v) is 8.66. The van der Waals surface area contributed by atoms with E-state index in [4.69, 9.17) is 9.15 Å². The van der Waals surface area contributed by atoms with Crippen molar-refractivity contribution in [1.29, 1.82) is 0 Å². The number of nitrogens with zero attached hydrogens (tertiary/aromatic N) is 2. The number of benzene rings is 1. The van der Waals surface area contributed by atoms with Crippen molar-refractivity contribution in [3.8, 4) is 17.1 Å². The third-order valence-electron chi connectivity index (χ3n) is 4.84. The molecule has 2 aromatic heterocycles. The number of amides is 2. The van der Waals surface area contributed by atoms with E-state index in [1.165, 1.54) is 42.9 Å². The molecule has 10 nitrogen and oxygen atoms in total. The molecule has 0 saturated carbocycles. The van der Waals surface area contributed by atoms with Crippen LogP contribution >= 0.6 is 11.3 Å². The van der Waals surface area contributed by atoms with Crippen molar-refractivity contribution in [1.82, 2.24) is 10.7 Å². The first kappa shape index (κ1) is 24.6. The lowest BCUT2D eigenvalue weighted by molar-refractivity contribution is -0.384. The molecule has 0 aliphatic rings. The van der Waals surface area contributed by atoms with Crippen molar-refractivity contribution in [2.75, 3.05) is 7.11 Å². The minimum atomic E-state index is -0.749. The van der Waals surface area contributed by atoms with Crippen LogP contribution in [0.1, 0.15) is 24.5 Å². The summed E-state index contributed by atoms with van der Waals surface area (Å²) in [5.41, 5.74) is 2.86. The van der Waals surface area contributed by atoms with E-state index in [9.17, 15) is 19.7 Å². The van der Waals surface area contributed by atoms with Crippen LogP contribution in [-0.4, -0.2) is 36.1 Å². The highest BCUT2D eigenvalue weighted by atomic mass is 32.1. The summed E-state index contributed by atoms with van der Waals surface area (Å²) < 4.78 is 10.9. The third-order valence-corrected chi connectivity index (χ3v) is 5.71. The van der Waals surface area contributed by atoms with Crippen LogP contribution in [0, 0.1) is 16.0 Å². The van der Waals surface area contributed by atoms with Gasteiger partial charge >= 0.3 is 0 Å². The number of hydrazone groups is 1. The van der Waals surface area contributed by atoms with Crippen molar-refractivity contribution in [2.24, 2.45) is 11.0 Å². The van der Waals surface area contributed by atoms with Gasteiger partial charge in [0.1, 0.15) is 23.3 Å². The molecular formula is C23H24N4O6S. The number of non-ortho nitro benzene ring substituents is 1. The molecule has 34 heavy (non-hydrogen) atoms. The predicted molar refractivity (Wildman–Crippen MR) is 128 cm³/mol. The Hall–Kier alpha value is -3.99. The van der Waals surface area contributed by atoms with E-state index in [1.807, 2.05) is 31.4 Å². The van der Waals surface area contributed by atoms with E-state index in [0.29, 0.717) is 22.8 Å². The van der Waals surface area contributed by atoms with E-state index in [1.54, 1.807) is 12.1 Å². The zero-order valence-electron chi connectivity index (χ0n) is 18.8. The summed E-state index contributed by atoms with van der Waals surface area (Å²) in [6.45, 7) is 3.66. The minimum absolute atomic E-state index is 0.0983. The number of nitrogens with one attached hydrogen (secondary N) is 2. The molecule has 0 saturated heterocycles. The Morgan fingerprint density at radius 3 is 2.71 bits per heavy atom. The Morgan fingerprint density at radius 1 is 1.26 bits per heavy atom. The van der Waals surface area contributed by atoms with E-state index >= 15 is 0 Å². The Bertz CT molecular complexity index is 1190. The third kappa shape index (κ3) is 6.29. The molecule has 0 radical (unpaired) electrons. The highest BCUT2D eigenvalue weighted by Gasteiger charge is 2.24. The predicted octanol–water partition coefficient (Wildman–Crippen LogP) is 3.76. The van der Waals surface area contributed by atoms with Crippen LogP contribution in [0.15, 0.2) is 57.4 Å². The molecule has 0 spiro atoms. The molecule has 0 fully saturated rings. The zero-order valence-corrected chi connectivity index (χ0v) is 19.6. The summed E-state index contributed by atoms with van der Waals surface area (Å²) in [4.78, 5) is 36.2. The van der Waals surface area contributed by atoms with Gasteiger partial charge in [0.05, 0.1) is 36.3 Å². The van der Waals surface area contributed by atoms with Crippen LogP contribution in [-0.2, 0) is 16.0 Å². The number of hydrogen-bond donors (Lipinski definition) is 2. The zero-order chi connectivity index (χ0) is 24.7. The van der Waals surface area contributed by atoms with Crippen LogP contribution in [0.25, 0.3) is 11.3 Å². The van der Waals surface area contributed by atoms with Gasteiger partial charge in [0.25, 0.3) is 11.6 Å². The molecule has 2 amide bonds. The molecule has 1 atom stereocenters. The molecule has 2 heterocycles. The number of hydrogen-bond acceptors (Lipinski definition) is 8. The van der Waals surface area contributed by atoms with E-state index in [-0.39, 0.29) is 23.9 Å². The van der Waals surface area contributed by atoms with Gasteiger partial charge in [-0.3, -0.25) is 19.7 Å². The molecule has 3 aromatic rings. The van der Waals surface area contributed by atoms with Gasteiger partial charge in [-0.2, -0.15) is 5.10 Å². The summed E-state index contributed by atoms with van der Waals surface area (Å²) in [7, 11) is 1.41. The standard InChI is InChI=1S/C23H24N4O6S/c1-14(2)22(25-21(28)12-17-5-4-10-34-17)23(29)26-24-13-16-7-9-19(33-16)18-8-6-15(27(30)31)11-20(18)32-3/h4-11,13-14,22H,12H2,1-3H3,(H,25,28)(H,26,29)/b24-13-/t22-/m1/s1. The maximum Gasteiger partial charge on any atom is 0.273 e. The fourth-order valence-electron chi connectivity index (χ4n) is 3.12. The monoisotopic (exact) mass is 484 g/mol. The summed E-state index contributed by atoms with van der Waals surface area (Å²) in [5, 5.41) is 19.5. The van der Waals surface area contributed by atoms with Gasteiger partial charge in [-0.25, -0.2) is 5.43 Å². The van der Waals surface area contributed by atoms with Crippen molar-refractivity contribution in [3.63, 3.8) is 0 Å². The van der Waals surface area contributed by atoms with Crippen molar-refractivity contribution in [2.45, 2.75) is 26.3 Å². The van der Waals surface area contributed by atoms with Gasteiger partial charge in [0, 0.05) is 10.9 Å². The lowest BCUT2D eigenvalue weighted by Crippen LogP contribution is -2.49. The Kier molecular flexibility index (Phi) is 8.14. The summed E-state index contributed by atoms with van der Waals surface area (Å²) in [5.74, 6) is 0.215. The van der Waals surface area contributed by atoms with Crippen LogP contribution in [0.2, 0.25) is 0 Å². The van der Waals surface area contributed by atoms with Gasteiger partial charge in [-0.05, 0) is 35.6 Å². The summed E-state index contributed by atoms with van der Waals surface area (Å²) in [6, 6.07) is 10.5. The van der Waals surface area contributed by atoms with Gasteiger partial charge in [0.2, 0.25) is 5.91 Å². The quantitative estimate of drug-likeness (QED) is 0.255. The van der Waals surface area contributed by atoms with Gasteiger partial charge in [0.15, 0.2) is 0 Å². The highest BCUT2D eigenvalue weighted by Crippen LogP contribution is 2.34. The first-order chi connectivity index (χ1) is 16.3. The van der Waals surface area contributed by atoms with E-state index in [2.05, 4.69) is 15.8 Å². The van der Waals surface area contributed by atoms with Gasteiger partial charge < -0.3 is 14.5 Å². The largest absolute Gasteiger partial charge is 0.496 e. The Morgan fingerprint density at radius 2 is 2.06 bits per heavy atom. The molecule has 1 aromatic carbocycles. The summed E-state index contributed by atoms with van der Waals surface area (Å²) >= 11 is 1.48. The Labute approximate surface area is 199 Å². The van der Waals surface area contributed by atoms with E-state index < -0.39 is 16.9 Å². The average Bonchev–Trinajstić information content (AvgIpc) is 3.49. The Balaban J connectivity index is 1.63. The first-order valence-corrected chi connectivity index (χ1v) is 11.2. The number of nitro benzene ring substituents is 1. The van der Waals surface area contributed by atoms with Crippen molar-refractivity contribution in [3.05, 3.63) is 68.6 Å². The van der Waals surface area contributed by atoms with Gasteiger partial charge in [-0.15, -0.1) is 11.3 Å². The molecule has 0 aliphatic heterocycles. The molecule has 11 heteroatoms. The number of nitro groups is 1. The number of furan rings is 1.